The van der Waals surface area contributed by atoms with E-state index in [9.17, 15) is 9.59 Å². The van der Waals surface area contributed by atoms with Crippen LogP contribution in [0, 0.1) is 5.92 Å². The Bertz CT molecular complexity index is 400. The molecule has 2 atom stereocenters. The van der Waals surface area contributed by atoms with Crippen molar-refractivity contribution in [2.45, 2.75) is 84.4 Å². The summed E-state index contributed by atoms with van der Waals surface area (Å²) < 4.78 is 10.5. The standard InChI is InChI=1S/C18H34N2O4/c1-6-15(20-17(22)24-18(3,4)5)12-23-16(21)13(2)19-11-14-9-7-8-10-14/h13-15,19H,6-12H2,1-5H3,(H,20,22)/t13-,15+/m0/s1. The van der Waals surface area contributed by atoms with Crippen LogP contribution in [0.5, 0.6) is 0 Å². The van der Waals surface area contributed by atoms with E-state index >= 15 is 0 Å². The molecule has 1 aliphatic rings. The Morgan fingerprint density at radius 2 is 1.83 bits per heavy atom. The molecule has 0 aromatic rings. The average molecular weight is 342 g/mol. The van der Waals surface area contributed by atoms with Crippen molar-refractivity contribution in [1.29, 1.82) is 0 Å². The second kappa shape index (κ2) is 9.87. The maximum atomic E-state index is 12.1. The topological polar surface area (TPSA) is 76.7 Å². The van der Waals surface area contributed by atoms with E-state index in [-0.39, 0.29) is 24.7 Å². The minimum Gasteiger partial charge on any atom is -0.462 e. The number of carbonyl (C=O) groups is 2. The summed E-state index contributed by atoms with van der Waals surface area (Å²) in [4.78, 5) is 23.8. The summed E-state index contributed by atoms with van der Waals surface area (Å²) in [6, 6.07) is -0.574. The van der Waals surface area contributed by atoms with Crippen molar-refractivity contribution in [3.05, 3.63) is 0 Å². The number of nitrogens with one attached hydrogen (secondary N) is 2. The number of alkyl carbamates (subject to hydrolysis) is 1. The summed E-state index contributed by atoms with van der Waals surface area (Å²) >= 11 is 0. The Balaban J connectivity index is 2.27. The molecule has 1 rings (SSSR count). The zero-order valence-electron chi connectivity index (χ0n) is 15.8. The third kappa shape index (κ3) is 8.52. The van der Waals surface area contributed by atoms with Gasteiger partial charge in [-0.15, -0.1) is 0 Å². The van der Waals surface area contributed by atoms with Crippen LogP contribution in [0.25, 0.3) is 0 Å². The highest BCUT2D eigenvalue weighted by atomic mass is 16.6. The predicted octanol–water partition coefficient (Wildman–Crippen LogP) is 3.00. The predicted molar refractivity (Wildman–Crippen MR) is 93.8 cm³/mol. The van der Waals surface area contributed by atoms with Crippen molar-refractivity contribution in [3.63, 3.8) is 0 Å². The van der Waals surface area contributed by atoms with E-state index < -0.39 is 11.7 Å². The van der Waals surface area contributed by atoms with Gasteiger partial charge in [0, 0.05) is 0 Å². The van der Waals surface area contributed by atoms with E-state index in [1.807, 2.05) is 34.6 Å². The van der Waals surface area contributed by atoms with E-state index in [2.05, 4.69) is 10.6 Å². The maximum absolute atomic E-state index is 12.1. The Morgan fingerprint density at radius 3 is 2.38 bits per heavy atom. The zero-order valence-corrected chi connectivity index (χ0v) is 15.8. The zero-order chi connectivity index (χ0) is 18.2. The number of rotatable bonds is 8. The third-order valence-electron chi connectivity index (χ3n) is 4.18. The summed E-state index contributed by atoms with van der Waals surface area (Å²) in [7, 11) is 0. The number of ether oxygens (including phenoxy) is 2. The van der Waals surface area contributed by atoms with Crippen molar-refractivity contribution in [1.82, 2.24) is 10.6 Å². The lowest BCUT2D eigenvalue weighted by Crippen LogP contribution is -2.43. The van der Waals surface area contributed by atoms with Crippen LogP contribution in [0.1, 0.15) is 66.7 Å². The molecule has 2 N–H and O–H groups in total. The van der Waals surface area contributed by atoms with Crippen molar-refractivity contribution < 1.29 is 19.1 Å². The van der Waals surface area contributed by atoms with E-state index in [0.29, 0.717) is 12.3 Å². The Hall–Kier alpha value is -1.30. The molecule has 0 saturated heterocycles. The Kier molecular flexibility index (Phi) is 8.53. The summed E-state index contributed by atoms with van der Waals surface area (Å²) in [5.74, 6) is 0.398. The molecule has 24 heavy (non-hydrogen) atoms. The SMILES string of the molecule is CC[C@H](COC(=O)[C@H](C)NCC1CCCC1)NC(=O)OC(C)(C)C. The van der Waals surface area contributed by atoms with Gasteiger partial charge in [-0.3, -0.25) is 4.79 Å². The van der Waals surface area contributed by atoms with Crippen LogP contribution in [0.3, 0.4) is 0 Å². The van der Waals surface area contributed by atoms with Gasteiger partial charge in [0.25, 0.3) is 0 Å². The molecule has 140 valence electrons. The number of esters is 1. The lowest BCUT2D eigenvalue weighted by molar-refractivity contribution is -0.146. The van der Waals surface area contributed by atoms with Crippen molar-refractivity contribution in [2.24, 2.45) is 5.92 Å². The van der Waals surface area contributed by atoms with E-state index in [0.717, 1.165) is 6.54 Å². The van der Waals surface area contributed by atoms with Gasteiger partial charge in [0.2, 0.25) is 0 Å². The number of hydrogen-bond acceptors (Lipinski definition) is 5. The molecule has 1 amide bonds. The van der Waals surface area contributed by atoms with Crippen molar-refractivity contribution in [2.75, 3.05) is 13.2 Å². The summed E-state index contributed by atoms with van der Waals surface area (Å²) in [5, 5.41) is 5.99. The van der Waals surface area contributed by atoms with Crippen LogP contribution in [-0.2, 0) is 14.3 Å². The summed E-state index contributed by atoms with van der Waals surface area (Å²) in [5.41, 5.74) is -0.544. The molecule has 0 aromatic heterocycles. The van der Waals surface area contributed by atoms with E-state index in [4.69, 9.17) is 9.47 Å². The molecule has 0 radical (unpaired) electrons. The molecular formula is C18H34N2O4. The second-order valence-corrected chi connectivity index (χ2v) is 7.66. The van der Waals surface area contributed by atoms with Crippen molar-refractivity contribution >= 4 is 12.1 Å². The molecule has 0 spiro atoms. The minimum absolute atomic E-state index is 0.157. The van der Waals surface area contributed by atoms with E-state index in [1.54, 1.807) is 0 Å². The molecule has 0 bridgehead atoms. The molecule has 0 aromatic carbocycles. The van der Waals surface area contributed by atoms with Gasteiger partial charge in [-0.2, -0.15) is 0 Å². The lowest BCUT2D eigenvalue weighted by atomic mass is 10.1. The van der Waals surface area contributed by atoms with Gasteiger partial charge in [0.1, 0.15) is 18.2 Å². The maximum Gasteiger partial charge on any atom is 0.407 e. The second-order valence-electron chi connectivity index (χ2n) is 7.66. The Labute approximate surface area is 146 Å². The fraction of sp³-hybridized carbons (Fsp3) is 0.889. The average Bonchev–Trinajstić information content (AvgIpc) is 3.00. The van der Waals surface area contributed by atoms with Gasteiger partial charge >= 0.3 is 12.1 Å². The van der Waals surface area contributed by atoms with Crippen LogP contribution >= 0.6 is 0 Å². The fourth-order valence-electron chi connectivity index (χ4n) is 2.68. The van der Waals surface area contributed by atoms with Crippen LogP contribution < -0.4 is 10.6 Å². The highest BCUT2D eigenvalue weighted by Gasteiger charge is 2.22. The fourth-order valence-corrected chi connectivity index (χ4v) is 2.68. The molecule has 1 saturated carbocycles. The smallest absolute Gasteiger partial charge is 0.407 e. The van der Waals surface area contributed by atoms with Crippen LogP contribution in [0.15, 0.2) is 0 Å². The van der Waals surface area contributed by atoms with Gasteiger partial charge in [-0.25, -0.2) is 4.79 Å². The first-order chi connectivity index (χ1) is 11.2. The van der Waals surface area contributed by atoms with Crippen LogP contribution in [0.4, 0.5) is 4.79 Å². The molecule has 1 fully saturated rings. The van der Waals surface area contributed by atoms with E-state index in [1.165, 1.54) is 25.7 Å². The normalized spacial score (nSPS) is 18.0. The quantitative estimate of drug-likeness (QED) is 0.663. The molecule has 6 nitrogen and oxygen atoms in total. The first-order valence-electron chi connectivity index (χ1n) is 9.10. The number of hydrogen-bond donors (Lipinski definition) is 2. The minimum atomic E-state index is -0.544. The van der Waals surface area contributed by atoms with Crippen molar-refractivity contribution in [3.8, 4) is 0 Å². The van der Waals surface area contributed by atoms with Gasteiger partial charge in [-0.05, 0) is 59.4 Å². The van der Waals surface area contributed by atoms with Gasteiger partial charge in [-0.1, -0.05) is 19.8 Å². The summed E-state index contributed by atoms with van der Waals surface area (Å²) in [6.07, 6.45) is 5.24. The highest BCUT2D eigenvalue weighted by Crippen LogP contribution is 2.23. The lowest BCUT2D eigenvalue weighted by Gasteiger charge is -2.23. The Morgan fingerprint density at radius 1 is 1.21 bits per heavy atom. The number of amides is 1. The van der Waals surface area contributed by atoms with Gasteiger partial charge < -0.3 is 20.1 Å². The first kappa shape index (κ1) is 20.7. The molecule has 1 aliphatic carbocycles. The molecule has 0 heterocycles. The third-order valence-corrected chi connectivity index (χ3v) is 4.18. The largest absolute Gasteiger partial charge is 0.462 e. The summed E-state index contributed by atoms with van der Waals surface area (Å²) in [6.45, 7) is 10.2. The molecule has 0 aliphatic heterocycles. The van der Waals surface area contributed by atoms with Gasteiger partial charge in [0.05, 0.1) is 6.04 Å². The van der Waals surface area contributed by atoms with Crippen LogP contribution in [0.2, 0.25) is 0 Å². The molecule has 0 unspecified atom stereocenters. The van der Waals surface area contributed by atoms with Crippen LogP contribution in [-0.4, -0.2) is 42.9 Å². The number of carbonyl (C=O) groups excluding carboxylic acids is 2. The monoisotopic (exact) mass is 342 g/mol. The molecule has 6 heteroatoms. The van der Waals surface area contributed by atoms with Gasteiger partial charge in [0.15, 0.2) is 0 Å². The molecular weight excluding hydrogens is 308 g/mol. The highest BCUT2D eigenvalue weighted by molar-refractivity contribution is 5.75. The first-order valence-corrected chi connectivity index (χ1v) is 9.10.